The van der Waals surface area contributed by atoms with E-state index in [0.717, 1.165) is 4.31 Å². The SMILES string of the molecule is C=CC1C[C@]1(NC(=O)[C@@H]1[C@@H]2C(CN1C(=O)[C@@H](NC(=O)N[C@H](CN(C)S(=O)(=O)c1ccccn1)C(C)(C)C)C(C)(C)C)C2(C)C)C(=O)NS(=O)(=O)C1CC1. The van der Waals surface area contributed by atoms with E-state index in [1.54, 1.807) is 32.9 Å². The molecule has 4 aliphatic rings. The summed E-state index contributed by atoms with van der Waals surface area (Å²) in [5, 5.41) is 7.80. The standard InChI is InChI=1S/C36H55N7O8S2/c1-11-21-18-36(21,31(46)41-52(48,49)22-15-16-22)40-29(44)27-26-23(35(26,8)9)19-43(27)30(45)28(34(5,6)7)39-32(47)38-24(33(2,3)4)20-42(10)53(50,51)25-14-12-13-17-37-25/h11-14,17,21-24,26-28H,1,15-16,18-20H2,2-10H3,(H,40,44)(H,41,46)(H2,38,39,47)/t21?,23?,24-,26+,27+,28-,36-/m1/s1. The smallest absolute Gasteiger partial charge is 0.315 e. The number of amides is 5. The van der Waals surface area contributed by atoms with E-state index in [9.17, 15) is 36.0 Å². The van der Waals surface area contributed by atoms with Gasteiger partial charge in [0.2, 0.25) is 21.8 Å². The molecule has 7 atom stereocenters. The molecule has 5 rings (SSSR count). The van der Waals surface area contributed by atoms with Crippen molar-refractivity contribution in [3.05, 3.63) is 37.1 Å². The normalized spacial score (nSPS) is 27.5. The Balaban J connectivity index is 1.33. The summed E-state index contributed by atoms with van der Waals surface area (Å²) in [7, 11) is -6.43. The predicted octanol–water partition coefficient (Wildman–Crippen LogP) is 1.98. The molecule has 1 aromatic rings. The molecule has 53 heavy (non-hydrogen) atoms. The predicted molar refractivity (Wildman–Crippen MR) is 198 cm³/mol. The van der Waals surface area contributed by atoms with Crippen molar-refractivity contribution in [1.29, 1.82) is 0 Å². The Labute approximate surface area is 313 Å². The number of aromatic nitrogens is 1. The van der Waals surface area contributed by atoms with Crippen molar-refractivity contribution < 1.29 is 36.0 Å². The van der Waals surface area contributed by atoms with Crippen molar-refractivity contribution in [3.8, 4) is 0 Å². The second-order valence-electron chi connectivity index (χ2n) is 17.9. The third kappa shape index (κ3) is 7.97. The van der Waals surface area contributed by atoms with Crippen molar-refractivity contribution in [3.63, 3.8) is 0 Å². The highest BCUT2D eigenvalue weighted by molar-refractivity contribution is 7.91. The van der Waals surface area contributed by atoms with E-state index in [4.69, 9.17) is 0 Å². The van der Waals surface area contributed by atoms with Crippen LogP contribution in [-0.4, -0.2) is 104 Å². The Bertz CT molecular complexity index is 1870. The Hall–Kier alpha value is -3.57. The minimum absolute atomic E-state index is 0.00654. The number of rotatable bonds is 13. The Kier molecular flexibility index (Phi) is 10.4. The Morgan fingerprint density at radius 3 is 2.19 bits per heavy atom. The molecule has 17 heteroatoms. The van der Waals surface area contributed by atoms with Gasteiger partial charge in [-0.1, -0.05) is 67.5 Å². The van der Waals surface area contributed by atoms with E-state index in [2.05, 4.69) is 32.2 Å². The van der Waals surface area contributed by atoms with Crippen molar-refractivity contribution in [1.82, 2.24) is 34.9 Å². The lowest BCUT2D eigenvalue weighted by molar-refractivity contribution is -0.144. The Morgan fingerprint density at radius 2 is 1.68 bits per heavy atom. The van der Waals surface area contributed by atoms with E-state index >= 15 is 0 Å². The van der Waals surface area contributed by atoms with Crippen molar-refractivity contribution >= 4 is 43.8 Å². The fourth-order valence-electron chi connectivity index (χ4n) is 7.52. The van der Waals surface area contributed by atoms with Gasteiger partial charge in [0.05, 0.1) is 5.25 Å². The number of sulfonamides is 2. The summed E-state index contributed by atoms with van der Waals surface area (Å²) in [5.74, 6) is -2.59. The van der Waals surface area contributed by atoms with Gasteiger partial charge in [0.1, 0.15) is 17.6 Å². The Morgan fingerprint density at radius 1 is 1.04 bits per heavy atom. The summed E-state index contributed by atoms with van der Waals surface area (Å²) in [6.45, 7) is 18.9. The molecule has 3 saturated carbocycles. The van der Waals surface area contributed by atoms with Crippen LogP contribution in [0.15, 0.2) is 42.1 Å². The number of nitrogens with one attached hydrogen (secondary N) is 4. The zero-order valence-electron chi connectivity index (χ0n) is 32.1. The number of piperidine rings is 1. The van der Waals surface area contributed by atoms with Gasteiger partial charge >= 0.3 is 6.03 Å². The monoisotopic (exact) mass is 777 g/mol. The maximum Gasteiger partial charge on any atom is 0.315 e. The molecule has 0 spiro atoms. The van der Waals surface area contributed by atoms with Crippen LogP contribution < -0.4 is 20.7 Å². The van der Waals surface area contributed by atoms with Gasteiger partial charge in [0.15, 0.2) is 5.03 Å². The minimum Gasteiger partial charge on any atom is -0.339 e. The van der Waals surface area contributed by atoms with Gasteiger partial charge < -0.3 is 20.9 Å². The number of hydrogen-bond acceptors (Lipinski definition) is 9. The molecule has 5 amide bonds. The average molecular weight is 778 g/mol. The fraction of sp³-hybridized carbons (Fsp3) is 0.694. The molecule has 0 radical (unpaired) electrons. The van der Waals surface area contributed by atoms with Gasteiger partial charge in [-0.2, -0.15) is 4.31 Å². The van der Waals surface area contributed by atoms with E-state index in [1.165, 1.54) is 30.3 Å². The zero-order valence-corrected chi connectivity index (χ0v) is 33.7. The number of pyridine rings is 1. The van der Waals surface area contributed by atoms with Crippen LogP contribution in [0.5, 0.6) is 0 Å². The number of carbonyl (C=O) groups is 4. The van der Waals surface area contributed by atoms with Gasteiger partial charge in [-0.15, -0.1) is 6.58 Å². The molecule has 15 nitrogen and oxygen atoms in total. The highest BCUT2D eigenvalue weighted by Gasteiger charge is 2.71. The van der Waals surface area contributed by atoms with E-state index in [0.29, 0.717) is 12.8 Å². The average Bonchev–Trinajstić information content (AvgIpc) is 4.00. The molecule has 294 valence electrons. The number of nitrogens with zero attached hydrogens (tertiary/aromatic N) is 3. The second kappa shape index (κ2) is 13.6. The van der Waals surface area contributed by atoms with Gasteiger partial charge in [-0.05, 0) is 59.5 Å². The van der Waals surface area contributed by atoms with E-state index in [1.807, 2.05) is 34.6 Å². The first-order chi connectivity index (χ1) is 24.3. The summed E-state index contributed by atoms with van der Waals surface area (Å²) in [4.78, 5) is 61.3. The van der Waals surface area contributed by atoms with Crippen molar-refractivity contribution in [2.24, 2.45) is 34.0 Å². The van der Waals surface area contributed by atoms with Crippen LogP contribution >= 0.6 is 0 Å². The maximum absolute atomic E-state index is 14.5. The van der Waals surface area contributed by atoms with E-state index < -0.39 is 89.5 Å². The van der Waals surface area contributed by atoms with Crippen LogP contribution in [0.3, 0.4) is 0 Å². The highest BCUT2D eigenvalue weighted by Crippen LogP contribution is 2.65. The zero-order chi connectivity index (χ0) is 39.7. The summed E-state index contributed by atoms with van der Waals surface area (Å²) < 4.78 is 55.1. The molecule has 4 fully saturated rings. The number of likely N-dealkylation sites (N-methyl/N-ethyl adjacent to an activating group) is 1. The molecule has 1 aromatic heterocycles. The first-order valence-corrected chi connectivity index (χ1v) is 21.0. The van der Waals surface area contributed by atoms with Crippen LogP contribution in [0.1, 0.15) is 74.7 Å². The van der Waals surface area contributed by atoms with Crippen molar-refractivity contribution in [2.45, 2.75) is 109 Å². The quantitative estimate of drug-likeness (QED) is 0.216. The molecular formula is C36H55N7O8S2. The van der Waals surface area contributed by atoms with E-state index in [-0.39, 0.29) is 41.8 Å². The molecule has 2 heterocycles. The number of hydrogen-bond donors (Lipinski definition) is 4. The first kappa shape index (κ1) is 40.6. The number of likely N-dealkylation sites (tertiary alicyclic amines) is 1. The van der Waals surface area contributed by atoms with Crippen LogP contribution in [0.4, 0.5) is 4.79 Å². The molecule has 4 N–H and O–H groups in total. The van der Waals surface area contributed by atoms with Crippen LogP contribution in [-0.2, 0) is 34.4 Å². The van der Waals surface area contributed by atoms with Gasteiger partial charge in [-0.25, -0.2) is 26.6 Å². The minimum atomic E-state index is -3.96. The molecule has 3 aliphatic carbocycles. The molecule has 2 unspecified atom stereocenters. The summed E-state index contributed by atoms with van der Waals surface area (Å²) >= 11 is 0. The fourth-order valence-corrected chi connectivity index (χ4v) is 9.99. The topological polar surface area (TPSA) is 204 Å². The van der Waals surface area contributed by atoms with Gasteiger partial charge in [0, 0.05) is 38.3 Å². The van der Waals surface area contributed by atoms with Gasteiger partial charge in [-0.3, -0.25) is 19.1 Å². The molecule has 1 saturated heterocycles. The summed E-state index contributed by atoms with van der Waals surface area (Å²) in [5.41, 5.74) is -3.21. The molecule has 0 bridgehead atoms. The third-order valence-corrected chi connectivity index (χ3v) is 15.1. The van der Waals surface area contributed by atoms with Crippen LogP contribution in [0.25, 0.3) is 0 Å². The van der Waals surface area contributed by atoms with Crippen LogP contribution in [0, 0.1) is 34.0 Å². The number of urea groups is 1. The summed E-state index contributed by atoms with van der Waals surface area (Å²) in [6, 6.07) is 1.13. The lowest BCUT2D eigenvalue weighted by Crippen LogP contribution is -2.63. The van der Waals surface area contributed by atoms with Crippen LogP contribution in [0.2, 0.25) is 0 Å². The summed E-state index contributed by atoms with van der Waals surface area (Å²) in [6.07, 6.45) is 4.00. The number of carbonyl (C=O) groups excluding carboxylic acids is 4. The second-order valence-corrected chi connectivity index (χ2v) is 21.8. The first-order valence-electron chi connectivity index (χ1n) is 18.0. The third-order valence-electron chi connectivity index (χ3n) is 11.5. The lowest BCUT2D eigenvalue weighted by atomic mass is 9.85. The molecular weight excluding hydrogens is 723 g/mol. The maximum atomic E-state index is 14.5. The lowest BCUT2D eigenvalue weighted by Gasteiger charge is -2.39. The van der Waals surface area contributed by atoms with Gasteiger partial charge in [0.25, 0.3) is 15.9 Å². The number of fused-ring (bicyclic) bond motifs is 1. The largest absolute Gasteiger partial charge is 0.339 e. The molecule has 0 aromatic carbocycles. The molecule has 1 aliphatic heterocycles. The van der Waals surface area contributed by atoms with Crippen molar-refractivity contribution in [2.75, 3.05) is 20.1 Å². The highest BCUT2D eigenvalue weighted by atomic mass is 32.2.